The molecular formula is C16H19N5O3S2. The van der Waals surface area contributed by atoms with Crippen LogP contribution in [0.1, 0.15) is 25.2 Å². The van der Waals surface area contributed by atoms with Gasteiger partial charge in [0.25, 0.3) is 0 Å². The van der Waals surface area contributed by atoms with Gasteiger partial charge in [-0.3, -0.25) is 4.57 Å². The molecule has 1 saturated heterocycles. The molecule has 8 nitrogen and oxygen atoms in total. The molecule has 26 heavy (non-hydrogen) atoms. The number of rotatable bonds is 8. The summed E-state index contributed by atoms with van der Waals surface area (Å²) in [6, 6.07) is 3.94. The monoisotopic (exact) mass is 393 g/mol. The molecule has 138 valence electrons. The standard InChI is InChI=1S/C16H19N5O3S2/c22-15-18-19-16(21(15)10-11-4-1-7-23-11)26-9-3-6-13-17-14(20-24-13)12-5-2-8-25-12/h2,5,8,11H,1,3-4,6-7,9-10H2,(H,18,22). The summed E-state index contributed by atoms with van der Waals surface area (Å²) in [5, 5.41) is 13.4. The highest BCUT2D eigenvalue weighted by molar-refractivity contribution is 7.99. The van der Waals surface area contributed by atoms with Crippen LogP contribution in [0.4, 0.5) is 0 Å². The Morgan fingerprint density at radius 3 is 3.23 bits per heavy atom. The Labute approximate surface area is 158 Å². The smallest absolute Gasteiger partial charge is 0.344 e. The van der Waals surface area contributed by atoms with Crippen LogP contribution in [0.2, 0.25) is 0 Å². The Balaban J connectivity index is 1.28. The fourth-order valence-electron chi connectivity index (χ4n) is 2.82. The van der Waals surface area contributed by atoms with Crippen molar-refractivity contribution >= 4 is 23.1 Å². The van der Waals surface area contributed by atoms with Crippen molar-refractivity contribution in [1.82, 2.24) is 24.9 Å². The summed E-state index contributed by atoms with van der Waals surface area (Å²) >= 11 is 3.14. The quantitative estimate of drug-likeness (QED) is 0.464. The minimum Gasteiger partial charge on any atom is -0.376 e. The first-order valence-corrected chi connectivity index (χ1v) is 10.4. The number of hydrogen-bond donors (Lipinski definition) is 1. The molecule has 4 rings (SSSR count). The fourth-order valence-corrected chi connectivity index (χ4v) is 4.36. The Hall–Kier alpha value is -1.91. The number of thioether (sulfide) groups is 1. The first-order valence-electron chi connectivity index (χ1n) is 8.55. The van der Waals surface area contributed by atoms with Gasteiger partial charge in [0.1, 0.15) is 0 Å². The molecule has 3 aromatic rings. The van der Waals surface area contributed by atoms with Crippen LogP contribution in [0, 0.1) is 0 Å². The maximum atomic E-state index is 11.9. The van der Waals surface area contributed by atoms with Crippen LogP contribution in [-0.4, -0.2) is 43.4 Å². The van der Waals surface area contributed by atoms with E-state index in [0.717, 1.165) is 36.5 Å². The molecule has 0 aromatic carbocycles. The Morgan fingerprint density at radius 1 is 1.46 bits per heavy atom. The van der Waals surface area contributed by atoms with Gasteiger partial charge in [-0.05, 0) is 30.7 Å². The summed E-state index contributed by atoms with van der Waals surface area (Å²) < 4.78 is 12.6. The van der Waals surface area contributed by atoms with E-state index in [2.05, 4.69) is 20.3 Å². The number of aromatic amines is 1. The largest absolute Gasteiger partial charge is 0.376 e. The second kappa shape index (κ2) is 8.19. The topological polar surface area (TPSA) is 98.8 Å². The first kappa shape index (κ1) is 17.5. The van der Waals surface area contributed by atoms with Crippen LogP contribution in [0.3, 0.4) is 0 Å². The molecule has 0 radical (unpaired) electrons. The van der Waals surface area contributed by atoms with Crippen LogP contribution >= 0.6 is 23.1 Å². The number of ether oxygens (including phenoxy) is 1. The Morgan fingerprint density at radius 2 is 2.42 bits per heavy atom. The van der Waals surface area contributed by atoms with Crippen molar-refractivity contribution in [3.63, 3.8) is 0 Å². The van der Waals surface area contributed by atoms with Gasteiger partial charge in [-0.1, -0.05) is 23.0 Å². The third-order valence-corrected chi connectivity index (χ3v) is 6.04. The van der Waals surface area contributed by atoms with Gasteiger partial charge in [0.15, 0.2) is 5.16 Å². The van der Waals surface area contributed by atoms with Crippen molar-refractivity contribution in [2.75, 3.05) is 12.4 Å². The van der Waals surface area contributed by atoms with Gasteiger partial charge in [-0.2, -0.15) is 4.98 Å². The molecule has 10 heteroatoms. The van der Waals surface area contributed by atoms with Crippen LogP contribution in [0.25, 0.3) is 10.7 Å². The van der Waals surface area contributed by atoms with Gasteiger partial charge in [-0.25, -0.2) is 9.89 Å². The lowest BCUT2D eigenvalue weighted by Crippen LogP contribution is -2.25. The zero-order valence-corrected chi connectivity index (χ0v) is 15.7. The molecule has 0 bridgehead atoms. The Bertz CT molecular complexity index is 880. The van der Waals surface area contributed by atoms with Gasteiger partial charge in [0.2, 0.25) is 11.7 Å². The molecule has 0 saturated carbocycles. The lowest BCUT2D eigenvalue weighted by molar-refractivity contribution is 0.0941. The number of nitrogens with zero attached hydrogens (tertiary/aromatic N) is 4. The van der Waals surface area contributed by atoms with Crippen molar-refractivity contribution in [2.24, 2.45) is 0 Å². The van der Waals surface area contributed by atoms with Crippen LogP contribution < -0.4 is 5.69 Å². The van der Waals surface area contributed by atoms with Gasteiger partial charge in [0, 0.05) is 18.8 Å². The molecule has 1 atom stereocenters. The maximum Gasteiger partial charge on any atom is 0.344 e. The molecule has 1 fully saturated rings. The number of hydrogen-bond acceptors (Lipinski definition) is 8. The van der Waals surface area contributed by atoms with E-state index in [0.29, 0.717) is 29.8 Å². The van der Waals surface area contributed by atoms with Crippen molar-refractivity contribution in [2.45, 2.75) is 43.5 Å². The molecule has 3 aromatic heterocycles. The normalized spacial score (nSPS) is 17.2. The van der Waals surface area contributed by atoms with Gasteiger partial charge in [-0.15, -0.1) is 16.4 Å². The molecule has 1 aliphatic rings. The summed E-state index contributed by atoms with van der Waals surface area (Å²) in [5.74, 6) is 2.08. The molecule has 1 aliphatic heterocycles. The molecule has 0 spiro atoms. The highest BCUT2D eigenvalue weighted by atomic mass is 32.2. The second-order valence-corrected chi connectivity index (χ2v) is 8.01. The highest BCUT2D eigenvalue weighted by Gasteiger charge is 2.19. The van der Waals surface area contributed by atoms with E-state index in [4.69, 9.17) is 9.26 Å². The van der Waals surface area contributed by atoms with Gasteiger partial charge >= 0.3 is 5.69 Å². The predicted molar refractivity (Wildman–Crippen MR) is 98.5 cm³/mol. The van der Waals surface area contributed by atoms with Crippen molar-refractivity contribution in [1.29, 1.82) is 0 Å². The maximum absolute atomic E-state index is 11.9. The number of H-pyrrole nitrogens is 1. The summed E-state index contributed by atoms with van der Waals surface area (Å²) in [7, 11) is 0. The lowest BCUT2D eigenvalue weighted by atomic mass is 10.2. The summed E-state index contributed by atoms with van der Waals surface area (Å²) in [5.41, 5.74) is -0.180. The molecule has 0 aliphatic carbocycles. The van der Waals surface area contributed by atoms with E-state index in [1.807, 2.05) is 17.5 Å². The summed E-state index contributed by atoms with van der Waals surface area (Å²) in [6.45, 7) is 1.34. The van der Waals surface area contributed by atoms with E-state index in [1.54, 1.807) is 27.7 Å². The number of aromatic nitrogens is 5. The van der Waals surface area contributed by atoms with E-state index in [9.17, 15) is 4.79 Å². The number of nitrogens with one attached hydrogen (secondary N) is 1. The number of aryl methyl sites for hydroxylation is 1. The minimum absolute atomic E-state index is 0.110. The van der Waals surface area contributed by atoms with E-state index >= 15 is 0 Å². The third kappa shape index (κ3) is 4.08. The van der Waals surface area contributed by atoms with Crippen LogP contribution in [0.15, 0.2) is 32.0 Å². The van der Waals surface area contributed by atoms with Crippen molar-refractivity contribution in [3.05, 3.63) is 33.9 Å². The summed E-state index contributed by atoms with van der Waals surface area (Å²) in [4.78, 5) is 17.4. The van der Waals surface area contributed by atoms with Gasteiger partial charge < -0.3 is 9.26 Å². The van der Waals surface area contributed by atoms with Crippen molar-refractivity contribution in [3.8, 4) is 10.7 Å². The zero-order valence-electron chi connectivity index (χ0n) is 14.1. The van der Waals surface area contributed by atoms with Gasteiger partial charge in [0.05, 0.1) is 17.5 Å². The zero-order chi connectivity index (χ0) is 17.8. The van der Waals surface area contributed by atoms with Crippen LogP contribution in [-0.2, 0) is 17.7 Å². The Kier molecular flexibility index (Phi) is 5.51. The first-order chi connectivity index (χ1) is 12.8. The SMILES string of the molecule is O=c1[nH]nc(SCCCc2nc(-c3cccs3)no2)n1CC1CCCO1. The van der Waals surface area contributed by atoms with E-state index < -0.39 is 0 Å². The van der Waals surface area contributed by atoms with Crippen molar-refractivity contribution < 1.29 is 9.26 Å². The molecular weight excluding hydrogens is 374 g/mol. The minimum atomic E-state index is -0.180. The molecule has 1 N–H and O–H groups in total. The van der Waals surface area contributed by atoms with Crippen LogP contribution in [0.5, 0.6) is 0 Å². The predicted octanol–water partition coefficient (Wildman–Crippen LogP) is 2.59. The lowest BCUT2D eigenvalue weighted by Gasteiger charge is -2.10. The molecule has 0 amide bonds. The van der Waals surface area contributed by atoms with E-state index in [-0.39, 0.29) is 11.8 Å². The second-order valence-electron chi connectivity index (χ2n) is 6.00. The number of thiophene rings is 1. The average molecular weight is 393 g/mol. The summed E-state index contributed by atoms with van der Waals surface area (Å²) in [6.07, 6.45) is 3.71. The fraction of sp³-hybridized carbons (Fsp3) is 0.500. The third-order valence-electron chi connectivity index (χ3n) is 4.11. The average Bonchev–Trinajstić information content (AvgIpc) is 3.43. The highest BCUT2D eigenvalue weighted by Crippen LogP contribution is 2.22. The van der Waals surface area contributed by atoms with E-state index in [1.165, 1.54) is 0 Å². The molecule has 1 unspecified atom stereocenters. The molecule has 4 heterocycles.